The topological polar surface area (TPSA) is 60.7 Å². The van der Waals surface area contributed by atoms with Crippen LogP contribution in [-0.4, -0.2) is 33.6 Å². The van der Waals surface area contributed by atoms with Gasteiger partial charge in [0.05, 0.1) is 18.3 Å². The number of hydrogen-bond donors (Lipinski definition) is 3. The van der Waals surface area contributed by atoms with Gasteiger partial charge in [-0.3, -0.25) is 0 Å². The molecule has 170 valence electrons. The molecule has 0 spiro atoms. The Balaban J connectivity index is 1.72. The zero-order chi connectivity index (χ0) is 22.1. The van der Waals surface area contributed by atoms with Gasteiger partial charge in [0.2, 0.25) is 0 Å². The lowest BCUT2D eigenvalue weighted by molar-refractivity contribution is 0.0717. The normalized spacial score (nSPS) is 39.5. The van der Waals surface area contributed by atoms with E-state index in [9.17, 15) is 15.3 Å². The van der Waals surface area contributed by atoms with Crippen LogP contribution in [0.2, 0.25) is 0 Å². The molecule has 0 aromatic heterocycles. The molecule has 3 rings (SSSR count). The van der Waals surface area contributed by atoms with E-state index < -0.39 is 12.2 Å². The van der Waals surface area contributed by atoms with Crippen molar-refractivity contribution in [2.45, 2.75) is 104 Å². The standard InChI is InChI=1S/C27H44O3/c1-17(2)25(29)13-8-18(3)23-11-12-24-20(7-6-14-27(23,24)5)9-10-21-15-22(28)16-26(30)19(21)4/h9-10,17-18,22-26,28-30H,4,6-8,11-16H2,1-3,5H3/t18-,22-,23-,24?,25-,26?,27-/m1/s1. The summed E-state index contributed by atoms with van der Waals surface area (Å²) in [4.78, 5) is 0. The summed E-state index contributed by atoms with van der Waals surface area (Å²) in [6, 6.07) is 0. The maximum absolute atomic E-state index is 10.3. The predicted octanol–water partition coefficient (Wildman–Crippen LogP) is 5.56. The van der Waals surface area contributed by atoms with Gasteiger partial charge in [-0.1, -0.05) is 52.0 Å². The average Bonchev–Trinajstić information content (AvgIpc) is 3.04. The van der Waals surface area contributed by atoms with E-state index in [-0.39, 0.29) is 6.10 Å². The molecule has 0 aromatic carbocycles. The predicted molar refractivity (Wildman–Crippen MR) is 124 cm³/mol. The molecule has 3 aliphatic rings. The van der Waals surface area contributed by atoms with Crippen molar-refractivity contribution in [1.29, 1.82) is 0 Å². The molecule has 7 atom stereocenters. The van der Waals surface area contributed by atoms with Gasteiger partial charge < -0.3 is 15.3 Å². The molecule has 2 unspecified atom stereocenters. The smallest absolute Gasteiger partial charge is 0.0811 e. The third kappa shape index (κ3) is 4.95. The van der Waals surface area contributed by atoms with Crippen molar-refractivity contribution in [3.8, 4) is 0 Å². The number of hydrogen-bond acceptors (Lipinski definition) is 3. The molecule has 3 aliphatic carbocycles. The maximum atomic E-state index is 10.3. The van der Waals surface area contributed by atoms with Crippen LogP contribution in [-0.2, 0) is 0 Å². The second kappa shape index (κ2) is 9.71. The fourth-order valence-electron chi connectivity index (χ4n) is 6.65. The molecule has 3 N–H and O–H groups in total. The molecule has 3 heteroatoms. The largest absolute Gasteiger partial charge is 0.393 e. The van der Waals surface area contributed by atoms with Gasteiger partial charge in [0.25, 0.3) is 0 Å². The van der Waals surface area contributed by atoms with E-state index in [0.717, 1.165) is 36.3 Å². The molecule has 30 heavy (non-hydrogen) atoms. The van der Waals surface area contributed by atoms with Crippen LogP contribution < -0.4 is 0 Å². The Morgan fingerprint density at radius 2 is 1.87 bits per heavy atom. The van der Waals surface area contributed by atoms with Crippen molar-refractivity contribution in [1.82, 2.24) is 0 Å². The van der Waals surface area contributed by atoms with E-state index in [4.69, 9.17) is 0 Å². The van der Waals surface area contributed by atoms with E-state index in [0.29, 0.717) is 36.0 Å². The van der Waals surface area contributed by atoms with E-state index in [1.807, 2.05) is 0 Å². The highest BCUT2D eigenvalue weighted by atomic mass is 16.3. The highest BCUT2D eigenvalue weighted by Crippen LogP contribution is 2.60. The highest BCUT2D eigenvalue weighted by Gasteiger charge is 2.50. The SMILES string of the molecule is C=C1C(=CC=C2CCC[C@@]3(C)C2CC[C@@H]3[C@H](C)CC[C@@H](O)C(C)C)C[C@@H](O)CC1O. The van der Waals surface area contributed by atoms with E-state index in [2.05, 4.69) is 46.4 Å². The van der Waals surface area contributed by atoms with Gasteiger partial charge in [0.1, 0.15) is 0 Å². The second-order valence-corrected chi connectivity index (χ2v) is 11.0. The first-order chi connectivity index (χ1) is 14.1. The number of aliphatic hydroxyl groups excluding tert-OH is 3. The van der Waals surface area contributed by atoms with Gasteiger partial charge in [0.15, 0.2) is 0 Å². The summed E-state index contributed by atoms with van der Waals surface area (Å²) in [5.74, 6) is 2.35. The van der Waals surface area contributed by atoms with Crippen LogP contribution in [0.1, 0.15) is 85.5 Å². The number of rotatable bonds is 6. The molecule has 3 saturated carbocycles. The van der Waals surface area contributed by atoms with Gasteiger partial charge in [-0.2, -0.15) is 0 Å². The molecule has 3 nitrogen and oxygen atoms in total. The lowest BCUT2D eigenvalue weighted by Gasteiger charge is -2.44. The monoisotopic (exact) mass is 416 g/mol. The highest BCUT2D eigenvalue weighted by molar-refractivity contribution is 5.38. The molecule has 3 fully saturated rings. The van der Waals surface area contributed by atoms with Crippen molar-refractivity contribution in [2.24, 2.45) is 29.1 Å². The van der Waals surface area contributed by atoms with E-state index in [1.54, 1.807) is 5.57 Å². The van der Waals surface area contributed by atoms with Crippen molar-refractivity contribution >= 4 is 0 Å². The second-order valence-electron chi connectivity index (χ2n) is 11.0. The van der Waals surface area contributed by atoms with Gasteiger partial charge in [0, 0.05) is 6.42 Å². The average molecular weight is 417 g/mol. The first-order valence-electron chi connectivity index (χ1n) is 12.3. The lowest BCUT2D eigenvalue weighted by Crippen LogP contribution is -2.36. The lowest BCUT2D eigenvalue weighted by atomic mass is 9.60. The summed E-state index contributed by atoms with van der Waals surface area (Å²) < 4.78 is 0. The van der Waals surface area contributed by atoms with Crippen LogP contribution in [0.4, 0.5) is 0 Å². The fraction of sp³-hybridized carbons (Fsp3) is 0.778. The number of allylic oxidation sites excluding steroid dienone is 3. The third-order valence-corrected chi connectivity index (χ3v) is 8.68. The minimum atomic E-state index is -0.618. The van der Waals surface area contributed by atoms with Crippen LogP contribution >= 0.6 is 0 Å². The van der Waals surface area contributed by atoms with Crippen molar-refractivity contribution < 1.29 is 15.3 Å². The zero-order valence-electron chi connectivity index (χ0n) is 19.6. The Kier molecular flexibility index (Phi) is 7.69. The van der Waals surface area contributed by atoms with E-state index >= 15 is 0 Å². The summed E-state index contributed by atoms with van der Waals surface area (Å²) in [6.07, 6.45) is 12.4. The first-order valence-corrected chi connectivity index (χ1v) is 12.3. The molecule has 0 aliphatic heterocycles. The Bertz CT molecular complexity index is 676. The fourth-order valence-corrected chi connectivity index (χ4v) is 6.65. The van der Waals surface area contributed by atoms with E-state index in [1.165, 1.54) is 25.7 Å². The molecule has 0 saturated heterocycles. The van der Waals surface area contributed by atoms with Gasteiger partial charge in [-0.15, -0.1) is 0 Å². The molecule has 0 aromatic rings. The van der Waals surface area contributed by atoms with Crippen LogP contribution in [0.25, 0.3) is 0 Å². The molecule has 0 radical (unpaired) electrons. The maximum Gasteiger partial charge on any atom is 0.0811 e. The van der Waals surface area contributed by atoms with Gasteiger partial charge >= 0.3 is 0 Å². The summed E-state index contributed by atoms with van der Waals surface area (Å²) in [5.41, 5.74) is 3.69. The third-order valence-electron chi connectivity index (χ3n) is 8.68. The van der Waals surface area contributed by atoms with Crippen molar-refractivity contribution in [3.05, 3.63) is 35.5 Å². The van der Waals surface area contributed by atoms with Gasteiger partial charge in [-0.25, -0.2) is 0 Å². The molecule has 0 bridgehead atoms. The van der Waals surface area contributed by atoms with Crippen LogP contribution in [0, 0.1) is 29.1 Å². The molecule has 0 heterocycles. The quantitative estimate of drug-likeness (QED) is 0.531. The zero-order valence-corrected chi connectivity index (χ0v) is 19.6. The van der Waals surface area contributed by atoms with Crippen LogP contribution in [0.15, 0.2) is 35.5 Å². The van der Waals surface area contributed by atoms with Crippen LogP contribution in [0.5, 0.6) is 0 Å². The Morgan fingerprint density at radius 1 is 1.13 bits per heavy atom. The van der Waals surface area contributed by atoms with Crippen LogP contribution in [0.3, 0.4) is 0 Å². The first kappa shape index (κ1) is 23.8. The number of fused-ring (bicyclic) bond motifs is 1. The van der Waals surface area contributed by atoms with Gasteiger partial charge in [-0.05, 0) is 91.6 Å². The molecule has 0 amide bonds. The summed E-state index contributed by atoms with van der Waals surface area (Å²) in [7, 11) is 0. The molecular weight excluding hydrogens is 372 g/mol. The Hall–Kier alpha value is -0.900. The molecular formula is C27H44O3. The van der Waals surface area contributed by atoms with Crippen molar-refractivity contribution in [2.75, 3.05) is 0 Å². The summed E-state index contributed by atoms with van der Waals surface area (Å²) in [5, 5.41) is 30.4. The summed E-state index contributed by atoms with van der Waals surface area (Å²) >= 11 is 0. The minimum Gasteiger partial charge on any atom is -0.393 e. The number of aliphatic hydroxyl groups is 3. The Labute approximate surface area is 184 Å². The Morgan fingerprint density at radius 3 is 2.57 bits per heavy atom. The van der Waals surface area contributed by atoms with Crippen molar-refractivity contribution in [3.63, 3.8) is 0 Å². The summed E-state index contributed by atoms with van der Waals surface area (Å²) in [6.45, 7) is 13.2. The minimum absolute atomic E-state index is 0.180.